The van der Waals surface area contributed by atoms with Crippen LogP contribution >= 0.6 is 0 Å². The van der Waals surface area contributed by atoms with Gasteiger partial charge in [0, 0.05) is 31.4 Å². The standard InChI is InChI=1S/C15H24N4O/c1-2-20-14-5-8-16-15(18-14)19-9-6-13(7-10-19)17-11-12-3-4-12/h5,8,12-13,17H,2-4,6-7,9-11H2,1H3. The van der Waals surface area contributed by atoms with Gasteiger partial charge in [-0.1, -0.05) is 0 Å². The van der Waals surface area contributed by atoms with Crippen LogP contribution in [0.15, 0.2) is 12.3 Å². The van der Waals surface area contributed by atoms with Gasteiger partial charge in [0.25, 0.3) is 0 Å². The summed E-state index contributed by atoms with van der Waals surface area (Å²) in [5.74, 6) is 2.43. The Kier molecular flexibility index (Phi) is 4.35. The van der Waals surface area contributed by atoms with Crippen LogP contribution in [-0.2, 0) is 0 Å². The summed E-state index contributed by atoms with van der Waals surface area (Å²) in [6.45, 7) is 5.87. The maximum absolute atomic E-state index is 5.44. The summed E-state index contributed by atoms with van der Waals surface area (Å²) < 4.78 is 5.44. The van der Waals surface area contributed by atoms with Crippen LogP contribution in [0.1, 0.15) is 32.6 Å². The Morgan fingerprint density at radius 3 is 2.80 bits per heavy atom. The fourth-order valence-electron chi connectivity index (χ4n) is 2.65. The summed E-state index contributed by atoms with van der Waals surface area (Å²) in [6, 6.07) is 2.48. The Bertz CT molecular complexity index is 428. The minimum Gasteiger partial charge on any atom is -0.478 e. The smallest absolute Gasteiger partial charge is 0.228 e. The van der Waals surface area contributed by atoms with Crippen molar-refractivity contribution in [3.8, 4) is 5.88 Å². The number of piperidine rings is 1. The Balaban J connectivity index is 1.50. The van der Waals surface area contributed by atoms with Crippen LogP contribution < -0.4 is 15.0 Å². The SMILES string of the molecule is CCOc1ccnc(N2CCC(NCC3CC3)CC2)n1. The number of nitrogens with zero attached hydrogens (tertiary/aromatic N) is 3. The first-order chi connectivity index (χ1) is 9.85. The number of nitrogens with one attached hydrogen (secondary N) is 1. The van der Waals surface area contributed by atoms with Crippen molar-refractivity contribution in [3.63, 3.8) is 0 Å². The number of anilines is 1. The second-order valence-corrected chi connectivity index (χ2v) is 5.74. The number of rotatable bonds is 6. The normalized spacial score (nSPS) is 20.1. The van der Waals surface area contributed by atoms with Crippen LogP contribution in [0.25, 0.3) is 0 Å². The van der Waals surface area contributed by atoms with E-state index in [2.05, 4.69) is 20.2 Å². The molecule has 0 amide bonds. The molecule has 110 valence electrons. The van der Waals surface area contributed by atoms with E-state index < -0.39 is 0 Å². The van der Waals surface area contributed by atoms with Gasteiger partial charge in [-0.3, -0.25) is 0 Å². The molecule has 2 fully saturated rings. The molecule has 0 spiro atoms. The van der Waals surface area contributed by atoms with E-state index in [0.29, 0.717) is 18.5 Å². The zero-order chi connectivity index (χ0) is 13.8. The minimum absolute atomic E-state index is 0.642. The number of hydrogen-bond donors (Lipinski definition) is 1. The quantitative estimate of drug-likeness (QED) is 0.859. The van der Waals surface area contributed by atoms with Gasteiger partial charge >= 0.3 is 0 Å². The van der Waals surface area contributed by atoms with E-state index >= 15 is 0 Å². The number of aromatic nitrogens is 2. The van der Waals surface area contributed by atoms with E-state index in [1.165, 1.54) is 32.2 Å². The van der Waals surface area contributed by atoms with Crippen LogP contribution in [0.3, 0.4) is 0 Å². The lowest BCUT2D eigenvalue weighted by atomic mass is 10.1. The molecular formula is C15H24N4O. The van der Waals surface area contributed by atoms with Gasteiger partial charge in [0.15, 0.2) is 0 Å². The first kappa shape index (κ1) is 13.6. The van der Waals surface area contributed by atoms with E-state index in [9.17, 15) is 0 Å². The van der Waals surface area contributed by atoms with E-state index in [1.54, 1.807) is 6.20 Å². The predicted molar refractivity (Wildman–Crippen MR) is 79.2 cm³/mol. The molecule has 1 saturated carbocycles. The second-order valence-electron chi connectivity index (χ2n) is 5.74. The Morgan fingerprint density at radius 1 is 1.30 bits per heavy atom. The molecule has 0 unspecified atom stereocenters. The highest BCUT2D eigenvalue weighted by Gasteiger charge is 2.25. The third kappa shape index (κ3) is 3.60. The average molecular weight is 276 g/mol. The molecule has 5 nitrogen and oxygen atoms in total. The highest BCUT2D eigenvalue weighted by atomic mass is 16.5. The van der Waals surface area contributed by atoms with Gasteiger partial charge in [-0.05, 0) is 45.1 Å². The molecule has 1 aromatic heterocycles. The number of hydrogen-bond acceptors (Lipinski definition) is 5. The highest BCUT2D eigenvalue weighted by Crippen LogP contribution is 2.28. The van der Waals surface area contributed by atoms with Crippen molar-refractivity contribution in [3.05, 3.63) is 12.3 Å². The zero-order valence-corrected chi connectivity index (χ0v) is 12.2. The van der Waals surface area contributed by atoms with Crippen molar-refractivity contribution in [2.24, 2.45) is 5.92 Å². The largest absolute Gasteiger partial charge is 0.478 e. The summed E-state index contributed by atoms with van der Waals surface area (Å²) in [6.07, 6.45) is 6.97. The predicted octanol–water partition coefficient (Wildman–Crippen LogP) is 1.84. The third-order valence-electron chi connectivity index (χ3n) is 4.08. The van der Waals surface area contributed by atoms with Gasteiger partial charge in [0.1, 0.15) is 0 Å². The lowest BCUT2D eigenvalue weighted by Crippen LogP contribution is -2.43. The van der Waals surface area contributed by atoms with Crippen molar-refractivity contribution in [2.45, 2.75) is 38.6 Å². The molecule has 2 heterocycles. The zero-order valence-electron chi connectivity index (χ0n) is 12.2. The molecule has 0 bridgehead atoms. The maximum Gasteiger partial charge on any atom is 0.228 e. The van der Waals surface area contributed by atoms with Gasteiger partial charge < -0.3 is 15.0 Å². The summed E-state index contributed by atoms with van der Waals surface area (Å²) in [5, 5.41) is 3.70. The van der Waals surface area contributed by atoms with E-state index in [1.807, 2.05) is 13.0 Å². The lowest BCUT2D eigenvalue weighted by Gasteiger charge is -2.32. The van der Waals surface area contributed by atoms with Gasteiger partial charge in [-0.25, -0.2) is 4.98 Å². The summed E-state index contributed by atoms with van der Waals surface area (Å²) in [5.41, 5.74) is 0. The highest BCUT2D eigenvalue weighted by molar-refractivity contribution is 5.32. The van der Waals surface area contributed by atoms with Gasteiger partial charge in [0.05, 0.1) is 6.61 Å². The fourth-order valence-corrected chi connectivity index (χ4v) is 2.65. The molecule has 1 saturated heterocycles. The molecule has 2 aliphatic rings. The topological polar surface area (TPSA) is 50.3 Å². The van der Waals surface area contributed by atoms with Crippen LogP contribution in [0.2, 0.25) is 0 Å². The van der Waals surface area contributed by atoms with Crippen molar-refractivity contribution < 1.29 is 4.74 Å². The Labute approximate surface area is 120 Å². The van der Waals surface area contributed by atoms with E-state index in [0.717, 1.165) is 25.0 Å². The third-order valence-corrected chi connectivity index (χ3v) is 4.08. The molecule has 1 aromatic rings. The van der Waals surface area contributed by atoms with Crippen LogP contribution in [0, 0.1) is 5.92 Å². The number of ether oxygens (including phenoxy) is 1. The molecule has 1 N–H and O–H groups in total. The molecule has 5 heteroatoms. The van der Waals surface area contributed by atoms with Crippen molar-refractivity contribution in [1.82, 2.24) is 15.3 Å². The summed E-state index contributed by atoms with van der Waals surface area (Å²) in [4.78, 5) is 11.1. The minimum atomic E-state index is 0.642. The average Bonchev–Trinajstić information content (AvgIpc) is 3.31. The van der Waals surface area contributed by atoms with E-state index in [4.69, 9.17) is 4.74 Å². The monoisotopic (exact) mass is 276 g/mol. The molecule has 0 atom stereocenters. The molecule has 0 radical (unpaired) electrons. The van der Waals surface area contributed by atoms with Crippen LogP contribution in [-0.4, -0.2) is 42.3 Å². The molecule has 0 aromatic carbocycles. The molecule has 1 aliphatic carbocycles. The lowest BCUT2D eigenvalue weighted by molar-refractivity contribution is 0.325. The molecule has 1 aliphatic heterocycles. The second kappa shape index (κ2) is 6.39. The van der Waals surface area contributed by atoms with Crippen LogP contribution in [0.5, 0.6) is 5.88 Å². The fraction of sp³-hybridized carbons (Fsp3) is 0.733. The summed E-state index contributed by atoms with van der Waals surface area (Å²) in [7, 11) is 0. The van der Waals surface area contributed by atoms with Crippen LogP contribution in [0.4, 0.5) is 5.95 Å². The summed E-state index contributed by atoms with van der Waals surface area (Å²) >= 11 is 0. The molecule has 3 rings (SSSR count). The first-order valence-electron chi connectivity index (χ1n) is 7.79. The van der Waals surface area contributed by atoms with E-state index in [-0.39, 0.29) is 0 Å². The molecule has 20 heavy (non-hydrogen) atoms. The van der Waals surface area contributed by atoms with Gasteiger partial charge in [-0.15, -0.1) is 0 Å². The Hall–Kier alpha value is -1.36. The van der Waals surface area contributed by atoms with Crippen molar-refractivity contribution in [2.75, 3.05) is 31.1 Å². The maximum atomic E-state index is 5.44. The first-order valence-corrected chi connectivity index (χ1v) is 7.79. The molecular weight excluding hydrogens is 252 g/mol. The van der Waals surface area contributed by atoms with Gasteiger partial charge in [0.2, 0.25) is 11.8 Å². The Morgan fingerprint density at radius 2 is 2.10 bits per heavy atom. The van der Waals surface area contributed by atoms with Gasteiger partial charge in [-0.2, -0.15) is 4.98 Å². The van der Waals surface area contributed by atoms with Crippen molar-refractivity contribution >= 4 is 5.95 Å². The van der Waals surface area contributed by atoms with Crippen molar-refractivity contribution in [1.29, 1.82) is 0 Å².